The van der Waals surface area contributed by atoms with Gasteiger partial charge in [0, 0.05) is 19.0 Å². The van der Waals surface area contributed by atoms with Crippen LogP contribution in [0.2, 0.25) is 0 Å². The van der Waals surface area contributed by atoms with Gasteiger partial charge in [0.05, 0.1) is 0 Å². The van der Waals surface area contributed by atoms with Crippen LogP contribution < -0.4 is 0 Å². The van der Waals surface area contributed by atoms with Gasteiger partial charge in [-0.15, -0.1) is 11.6 Å². The van der Waals surface area contributed by atoms with Gasteiger partial charge in [0.15, 0.2) is 0 Å². The van der Waals surface area contributed by atoms with Crippen LogP contribution in [0.5, 0.6) is 0 Å². The van der Waals surface area contributed by atoms with Crippen molar-refractivity contribution in [1.82, 2.24) is 4.90 Å². The normalized spacial score (nSPS) is 28.4. The molecule has 2 aliphatic rings. The van der Waals surface area contributed by atoms with E-state index in [-0.39, 0.29) is 0 Å². The molecule has 3 heteroatoms. The molecule has 2 rings (SSSR count). The molecule has 0 aromatic rings. The maximum atomic E-state index is 5.76. The summed E-state index contributed by atoms with van der Waals surface area (Å²) in [6, 6.07) is 0. The van der Waals surface area contributed by atoms with E-state index in [2.05, 4.69) is 16.7 Å². The largest absolute Gasteiger partial charge is 0.302 e. The molecule has 0 aliphatic carbocycles. The highest BCUT2D eigenvalue weighted by molar-refractivity contribution is 7.99. The van der Waals surface area contributed by atoms with E-state index in [0.29, 0.717) is 5.41 Å². The zero-order valence-electron chi connectivity index (χ0n) is 8.10. The van der Waals surface area contributed by atoms with Crippen LogP contribution in [-0.2, 0) is 0 Å². The van der Waals surface area contributed by atoms with Crippen LogP contribution in [0, 0.1) is 5.41 Å². The molecule has 76 valence electrons. The van der Waals surface area contributed by atoms with Crippen LogP contribution in [0.25, 0.3) is 0 Å². The van der Waals surface area contributed by atoms with Gasteiger partial charge in [-0.3, -0.25) is 0 Å². The van der Waals surface area contributed by atoms with Crippen LogP contribution in [0.15, 0.2) is 0 Å². The van der Waals surface area contributed by atoms with Crippen molar-refractivity contribution >= 4 is 23.4 Å². The van der Waals surface area contributed by atoms with Crippen molar-refractivity contribution in [2.75, 3.05) is 37.0 Å². The summed E-state index contributed by atoms with van der Waals surface area (Å²) in [6.07, 6.45) is 4.30. The Morgan fingerprint density at radius 3 is 2.69 bits per heavy atom. The number of rotatable bonds is 2. The molecular weight excluding hydrogens is 202 g/mol. The molecule has 13 heavy (non-hydrogen) atoms. The van der Waals surface area contributed by atoms with Crippen LogP contribution in [0.3, 0.4) is 0 Å². The Hall–Kier alpha value is 0.600. The van der Waals surface area contributed by atoms with Gasteiger partial charge in [-0.2, -0.15) is 11.8 Å². The molecule has 2 aliphatic heterocycles. The Labute approximate surface area is 90.2 Å². The molecule has 0 amide bonds. The van der Waals surface area contributed by atoms with E-state index >= 15 is 0 Å². The molecule has 1 nitrogen and oxygen atoms in total. The van der Waals surface area contributed by atoms with E-state index < -0.39 is 0 Å². The van der Waals surface area contributed by atoms with E-state index in [0.717, 1.165) is 12.4 Å². The van der Waals surface area contributed by atoms with Crippen LogP contribution in [-0.4, -0.2) is 41.9 Å². The summed E-state index contributed by atoms with van der Waals surface area (Å²) >= 11 is 7.89. The topological polar surface area (TPSA) is 3.24 Å². The van der Waals surface area contributed by atoms with E-state index in [1.165, 1.54) is 43.9 Å². The second-order valence-corrected chi connectivity index (χ2v) is 5.93. The number of hydrogen-bond donors (Lipinski definition) is 0. The summed E-state index contributed by atoms with van der Waals surface area (Å²) in [4.78, 5) is 2.54. The Morgan fingerprint density at radius 2 is 2.00 bits per heavy atom. The first-order chi connectivity index (χ1) is 6.35. The fourth-order valence-electron chi connectivity index (χ4n) is 2.55. The highest BCUT2D eigenvalue weighted by Crippen LogP contribution is 2.42. The van der Waals surface area contributed by atoms with Crippen molar-refractivity contribution in [2.45, 2.75) is 19.3 Å². The molecule has 0 bridgehead atoms. The van der Waals surface area contributed by atoms with E-state index in [9.17, 15) is 0 Å². The fraction of sp³-hybridized carbons (Fsp3) is 1.00. The lowest BCUT2D eigenvalue weighted by atomic mass is 9.81. The van der Waals surface area contributed by atoms with Crippen molar-refractivity contribution in [3.05, 3.63) is 0 Å². The Balaban J connectivity index is 1.87. The predicted octanol–water partition coefficient (Wildman–Crippen LogP) is 2.44. The number of nitrogens with zero attached hydrogens (tertiary/aromatic N) is 1. The minimum absolute atomic E-state index is 0.692. The fourth-order valence-corrected chi connectivity index (χ4v) is 4.15. The molecule has 0 N–H and O–H groups in total. The molecule has 1 spiro atoms. The summed E-state index contributed by atoms with van der Waals surface area (Å²) in [5, 5.41) is 0. The Morgan fingerprint density at radius 1 is 1.23 bits per heavy atom. The molecule has 2 heterocycles. The van der Waals surface area contributed by atoms with Crippen LogP contribution in [0.4, 0.5) is 0 Å². The number of hydrogen-bond acceptors (Lipinski definition) is 2. The highest BCUT2D eigenvalue weighted by atomic mass is 35.5. The zero-order valence-corrected chi connectivity index (χ0v) is 9.67. The maximum Gasteiger partial charge on any atom is 0.0351 e. The first kappa shape index (κ1) is 10.1. The minimum Gasteiger partial charge on any atom is -0.302 e. The summed E-state index contributed by atoms with van der Waals surface area (Å²) in [5.41, 5.74) is 0.692. The van der Waals surface area contributed by atoms with Gasteiger partial charge >= 0.3 is 0 Å². The second kappa shape index (κ2) is 4.41. The van der Waals surface area contributed by atoms with Crippen molar-refractivity contribution in [1.29, 1.82) is 0 Å². The van der Waals surface area contributed by atoms with Crippen LogP contribution >= 0.6 is 23.4 Å². The summed E-state index contributed by atoms with van der Waals surface area (Å²) in [6.45, 7) is 3.70. The third-order valence-corrected chi connectivity index (χ3v) is 4.63. The SMILES string of the molecule is ClCCN1CCC2(CCSCC2)C1. The van der Waals surface area contributed by atoms with Crippen LogP contribution in [0.1, 0.15) is 19.3 Å². The first-order valence-corrected chi connectivity index (χ1v) is 6.90. The Bertz CT molecular complexity index is 168. The van der Waals surface area contributed by atoms with Crippen molar-refractivity contribution in [3.8, 4) is 0 Å². The number of thioether (sulfide) groups is 1. The number of halogens is 1. The smallest absolute Gasteiger partial charge is 0.0351 e. The second-order valence-electron chi connectivity index (χ2n) is 4.33. The standard InChI is InChI=1S/C10H18ClNS/c11-4-6-12-5-1-10(9-12)2-7-13-8-3-10/h1-9H2. The van der Waals surface area contributed by atoms with Gasteiger partial charge in [-0.05, 0) is 42.7 Å². The molecule has 2 fully saturated rings. The van der Waals surface area contributed by atoms with Gasteiger partial charge in [0.1, 0.15) is 0 Å². The summed E-state index contributed by atoms with van der Waals surface area (Å²) in [7, 11) is 0. The molecular formula is C10H18ClNS. The summed E-state index contributed by atoms with van der Waals surface area (Å²) in [5.74, 6) is 3.56. The monoisotopic (exact) mass is 219 g/mol. The lowest BCUT2D eigenvalue weighted by Gasteiger charge is -2.33. The highest BCUT2D eigenvalue weighted by Gasteiger charge is 2.38. The number of alkyl halides is 1. The maximum absolute atomic E-state index is 5.76. The average Bonchev–Trinajstić information content (AvgIpc) is 2.51. The molecule has 0 unspecified atom stereocenters. The minimum atomic E-state index is 0.692. The first-order valence-electron chi connectivity index (χ1n) is 5.21. The number of likely N-dealkylation sites (tertiary alicyclic amines) is 1. The zero-order chi connectivity index (χ0) is 9.15. The third-order valence-electron chi connectivity index (χ3n) is 3.47. The molecule has 0 radical (unpaired) electrons. The molecule has 0 atom stereocenters. The van der Waals surface area contributed by atoms with Gasteiger partial charge in [0.25, 0.3) is 0 Å². The molecule has 2 saturated heterocycles. The predicted molar refractivity (Wildman–Crippen MR) is 60.8 cm³/mol. The average molecular weight is 220 g/mol. The molecule has 0 aromatic carbocycles. The van der Waals surface area contributed by atoms with Crippen molar-refractivity contribution in [2.24, 2.45) is 5.41 Å². The lowest BCUT2D eigenvalue weighted by Crippen LogP contribution is -2.31. The van der Waals surface area contributed by atoms with Gasteiger partial charge in [-0.25, -0.2) is 0 Å². The van der Waals surface area contributed by atoms with Crippen molar-refractivity contribution in [3.63, 3.8) is 0 Å². The third kappa shape index (κ3) is 2.34. The lowest BCUT2D eigenvalue weighted by molar-refractivity contribution is 0.246. The molecule has 0 saturated carbocycles. The van der Waals surface area contributed by atoms with Gasteiger partial charge < -0.3 is 4.90 Å². The van der Waals surface area contributed by atoms with E-state index in [1.54, 1.807) is 0 Å². The molecule has 0 aromatic heterocycles. The van der Waals surface area contributed by atoms with E-state index in [1.807, 2.05) is 0 Å². The Kier molecular flexibility index (Phi) is 3.44. The summed E-state index contributed by atoms with van der Waals surface area (Å²) < 4.78 is 0. The van der Waals surface area contributed by atoms with E-state index in [4.69, 9.17) is 11.6 Å². The van der Waals surface area contributed by atoms with Crippen molar-refractivity contribution < 1.29 is 0 Å². The van der Waals surface area contributed by atoms with Gasteiger partial charge in [0.2, 0.25) is 0 Å². The van der Waals surface area contributed by atoms with Gasteiger partial charge in [-0.1, -0.05) is 0 Å². The quantitative estimate of drug-likeness (QED) is 0.657.